The molecule has 0 aromatic heterocycles. The number of aliphatic hydroxyl groups is 4. The first-order valence-electron chi connectivity index (χ1n) is 12.5. The summed E-state index contributed by atoms with van der Waals surface area (Å²) in [4.78, 5) is 11.4. The van der Waals surface area contributed by atoms with Crippen molar-refractivity contribution in [2.24, 2.45) is 5.73 Å². The van der Waals surface area contributed by atoms with Gasteiger partial charge >= 0.3 is 0 Å². The molecule has 31 heavy (non-hydrogen) atoms. The average Bonchev–Trinajstić information content (AvgIpc) is 2.76. The minimum atomic E-state index is -1.70. The highest BCUT2D eigenvalue weighted by molar-refractivity contribution is 5.79. The van der Waals surface area contributed by atoms with Gasteiger partial charge in [0.1, 0.15) is 18.3 Å². The van der Waals surface area contributed by atoms with Crippen LogP contribution in [0.2, 0.25) is 0 Å². The third kappa shape index (κ3) is 16.5. The molecule has 0 heterocycles. The lowest BCUT2D eigenvalue weighted by atomic mass is 10.0. The van der Waals surface area contributed by atoms with Gasteiger partial charge in [0.25, 0.3) is 0 Å². The SMILES string of the molecule is CCCCCCCCCCCCCCCCCCO[C@@H](C(N)=O)[C@@H](O)[C@H](O)[C@H](O)CO. The van der Waals surface area contributed by atoms with Crippen molar-refractivity contribution in [3.8, 4) is 0 Å². The fourth-order valence-corrected chi connectivity index (χ4v) is 3.72. The number of hydrogen-bond acceptors (Lipinski definition) is 6. The first-order chi connectivity index (χ1) is 15.0. The van der Waals surface area contributed by atoms with Gasteiger partial charge < -0.3 is 30.9 Å². The average molecular weight is 448 g/mol. The Morgan fingerprint density at radius 3 is 1.45 bits per heavy atom. The summed E-state index contributed by atoms with van der Waals surface area (Å²) in [5.41, 5.74) is 5.21. The lowest BCUT2D eigenvalue weighted by Gasteiger charge is -2.27. The molecule has 0 aromatic carbocycles. The van der Waals surface area contributed by atoms with Crippen molar-refractivity contribution in [2.75, 3.05) is 13.2 Å². The van der Waals surface area contributed by atoms with Crippen LogP contribution < -0.4 is 5.73 Å². The van der Waals surface area contributed by atoms with Crippen molar-refractivity contribution in [2.45, 2.75) is 134 Å². The van der Waals surface area contributed by atoms with E-state index in [1.54, 1.807) is 0 Å². The number of nitrogens with two attached hydrogens (primary N) is 1. The van der Waals surface area contributed by atoms with E-state index in [0.29, 0.717) is 0 Å². The third-order valence-corrected chi connectivity index (χ3v) is 5.82. The molecule has 0 spiro atoms. The van der Waals surface area contributed by atoms with Gasteiger partial charge in [-0.15, -0.1) is 0 Å². The van der Waals surface area contributed by atoms with Gasteiger partial charge in [0, 0.05) is 6.61 Å². The Morgan fingerprint density at radius 2 is 1.10 bits per heavy atom. The van der Waals surface area contributed by atoms with Crippen LogP contribution in [0.3, 0.4) is 0 Å². The number of primary amides is 1. The molecule has 0 saturated carbocycles. The van der Waals surface area contributed by atoms with E-state index < -0.39 is 36.9 Å². The minimum Gasteiger partial charge on any atom is -0.394 e. The largest absolute Gasteiger partial charge is 0.394 e. The van der Waals surface area contributed by atoms with E-state index >= 15 is 0 Å². The van der Waals surface area contributed by atoms with Crippen LogP contribution in [0.25, 0.3) is 0 Å². The molecular formula is C24H49NO6. The van der Waals surface area contributed by atoms with Gasteiger partial charge in [-0.25, -0.2) is 0 Å². The maximum atomic E-state index is 11.4. The zero-order valence-electron chi connectivity index (χ0n) is 19.7. The maximum absolute atomic E-state index is 11.4. The highest BCUT2D eigenvalue weighted by Gasteiger charge is 2.35. The lowest BCUT2D eigenvalue weighted by molar-refractivity contribution is -0.155. The van der Waals surface area contributed by atoms with E-state index in [9.17, 15) is 20.1 Å². The molecule has 0 saturated heterocycles. The molecule has 4 atom stereocenters. The van der Waals surface area contributed by atoms with Crippen molar-refractivity contribution in [3.05, 3.63) is 0 Å². The molecule has 0 radical (unpaired) electrons. The number of ether oxygens (including phenoxy) is 1. The summed E-state index contributed by atoms with van der Waals surface area (Å²) in [5.74, 6) is -0.909. The summed E-state index contributed by atoms with van der Waals surface area (Å²) < 4.78 is 5.32. The molecule has 0 aliphatic rings. The van der Waals surface area contributed by atoms with E-state index in [4.69, 9.17) is 15.6 Å². The Kier molecular flexibility index (Phi) is 20.6. The molecule has 0 aromatic rings. The fourth-order valence-electron chi connectivity index (χ4n) is 3.72. The van der Waals surface area contributed by atoms with E-state index in [2.05, 4.69) is 6.92 Å². The summed E-state index contributed by atoms with van der Waals surface area (Å²) >= 11 is 0. The van der Waals surface area contributed by atoms with Crippen molar-refractivity contribution >= 4 is 5.91 Å². The second kappa shape index (κ2) is 21.1. The van der Waals surface area contributed by atoms with E-state index in [0.717, 1.165) is 19.3 Å². The Morgan fingerprint density at radius 1 is 0.710 bits per heavy atom. The normalized spacial score (nSPS) is 15.5. The van der Waals surface area contributed by atoms with Crippen LogP contribution in [0.5, 0.6) is 0 Å². The highest BCUT2D eigenvalue weighted by Crippen LogP contribution is 2.14. The maximum Gasteiger partial charge on any atom is 0.249 e. The summed E-state index contributed by atoms with van der Waals surface area (Å²) in [6.45, 7) is 1.76. The van der Waals surface area contributed by atoms with Gasteiger partial charge in [0.2, 0.25) is 5.91 Å². The summed E-state index contributed by atoms with van der Waals surface area (Å²) in [6.07, 6.45) is 13.8. The zero-order chi connectivity index (χ0) is 23.3. The summed E-state index contributed by atoms with van der Waals surface area (Å²) in [6, 6.07) is 0. The first kappa shape index (κ1) is 30.3. The number of rotatable bonds is 23. The van der Waals surface area contributed by atoms with Crippen LogP contribution in [0, 0.1) is 0 Å². The van der Waals surface area contributed by atoms with Gasteiger partial charge in [-0.2, -0.15) is 0 Å². The molecule has 7 nitrogen and oxygen atoms in total. The minimum absolute atomic E-state index is 0.241. The molecule has 186 valence electrons. The van der Waals surface area contributed by atoms with E-state index in [-0.39, 0.29) is 6.61 Å². The molecule has 1 amide bonds. The third-order valence-electron chi connectivity index (χ3n) is 5.82. The van der Waals surface area contributed by atoms with E-state index in [1.807, 2.05) is 0 Å². The number of aliphatic hydroxyl groups excluding tert-OH is 4. The van der Waals surface area contributed by atoms with E-state index in [1.165, 1.54) is 83.5 Å². The molecule has 6 N–H and O–H groups in total. The fraction of sp³-hybridized carbons (Fsp3) is 0.958. The molecule has 7 heteroatoms. The Balaban J connectivity index is 3.56. The van der Waals surface area contributed by atoms with Gasteiger partial charge in [-0.05, 0) is 6.42 Å². The smallest absolute Gasteiger partial charge is 0.249 e. The number of hydrogen-bond donors (Lipinski definition) is 5. The molecule has 0 aliphatic carbocycles. The highest BCUT2D eigenvalue weighted by atomic mass is 16.5. The first-order valence-corrected chi connectivity index (χ1v) is 12.5. The number of carbonyl (C=O) groups is 1. The monoisotopic (exact) mass is 447 g/mol. The predicted molar refractivity (Wildman–Crippen MR) is 124 cm³/mol. The molecule has 0 aliphatic heterocycles. The second-order valence-corrected chi connectivity index (χ2v) is 8.73. The molecule has 0 fully saturated rings. The number of unbranched alkanes of at least 4 members (excludes halogenated alkanes) is 15. The standard InChI is InChI=1S/C24H49NO6/c1-2-3-4-5-6-7-8-9-10-11-12-13-14-15-16-17-18-31-23(24(25)30)22(29)21(28)20(27)19-26/h20-23,26-29H,2-19H2,1H3,(H2,25,30)/t20-,21-,22+,23-/m1/s1. The van der Waals surface area contributed by atoms with Crippen LogP contribution in [0.4, 0.5) is 0 Å². The van der Waals surface area contributed by atoms with Gasteiger partial charge in [0.15, 0.2) is 6.10 Å². The second-order valence-electron chi connectivity index (χ2n) is 8.73. The van der Waals surface area contributed by atoms with Gasteiger partial charge in [-0.3, -0.25) is 4.79 Å². The molecule has 0 unspecified atom stereocenters. The molecule has 0 rings (SSSR count). The van der Waals surface area contributed by atoms with Crippen molar-refractivity contribution in [1.29, 1.82) is 0 Å². The Bertz CT molecular complexity index is 410. The van der Waals surface area contributed by atoms with Crippen LogP contribution >= 0.6 is 0 Å². The molecule has 0 bridgehead atoms. The van der Waals surface area contributed by atoms with Crippen LogP contribution in [0.15, 0.2) is 0 Å². The van der Waals surface area contributed by atoms with Gasteiger partial charge in [0.05, 0.1) is 6.61 Å². The number of carbonyl (C=O) groups excluding carboxylic acids is 1. The number of amides is 1. The Hall–Kier alpha value is -0.730. The summed E-state index contributed by atoms with van der Waals surface area (Å²) in [5, 5.41) is 37.8. The lowest BCUT2D eigenvalue weighted by Crippen LogP contribution is -2.51. The van der Waals surface area contributed by atoms with Crippen molar-refractivity contribution in [3.63, 3.8) is 0 Å². The zero-order valence-corrected chi connectivity index (χ0v) is 19.7. The topological polar surface area (TPSA) is 133 Å². The van der Waals surface area contributed by atoms with Crippen LogP contribution in [-0.2, 0) is 9.53 Å². The predicted octanol–water partition coefficient (Wildman–Crippen LogP) is 3.19. The molecular weight excluding hydrogens is 398 g/mol. The van der Waals surface area contributed by atoms with Crippen molar-refractivity contribution < 1.29 is 30.0 Å². The van der Waals surface area contributed by atoms with Gasteiger partial charge in [-0.1, -0.05) is 103 Å². The van der Waals surface area contributed by atoms with Crippen molar-refractivity contribution in [1.82, 2.24) is 0 Å². The van der Waals surface area contributed by atoms with Crippen LogP contribution in [-0.4, -0.2) is 64.0 Å². The summed E-state index contributed by atoms with van der Waals surface area (Å²) in [7, 11) is 0. The quantitative estimate of drug-likeness (QED) is 0.153. The van der Waals surface area contributed by atoms with Crippen LogP contribution in [0.1, 0.15) is 110 Å². The Labute approximate surface area is 189 Å².